The highest BCUT2D eigenvalue weighted by atomic mass is 35.5. The third-order valence-electron chi connectivity index (χ3n) is 4.00. The number of hydrogen-bond acceptors (Lipinski definition) is 1. The number of rotatable bonds is 6. The van der Waals surface area contributed by atoms with Gasteiger partial charge < -0.3 is 5.32 Å². The van der Waals surface area contributed by atoms with Crippen LogP contribution in [0.25, 0.3) is 0 Å². The van der Waals surface area contributed by atoms with E-state index in [4.69, 9.17) is 11.6 Å². The van der Waals surface area contributed by atoms with E-state index in [-0.39, 0.29) is 17.2 Å². The van der Waals surface area contributed by atoms with Crippen molar-refractivity contribution in [2.75, 3.05) is 12.4 Å². The van der Waals surface area contributed by atoms with Crippen molar-refractivity contribution in [1.82, 2.24) is 5.32 Å². The summed E-state index contributed by atoms with van der Waals surface area (Å²) >= 11 is 6.11. The molecule has 1 fully saturated rings. The zero-order valence-electron chi connectivity index (χ0n) is 11.2. The van der Waals surface area contributed by atoms with E-state index in [1.165, 1.54) is 32.1 Å². The number of carbonyl (C=O) groups is 1. The molecule has 0 aromatic carbocycles. The lowest BCUT2D eigenvalue weighted by molar-refractivity contribution is -0.125. The van der Waals surface area contributed by atoms with Gasteiger partial charge in [0.1, 0.15) is 0 Å². The first kappa shape index (κ1) is 14.8. The number of hydrogen-bond donors (Lipinski definition) is 1. The van der Waals surface area contributed by atoms with Crippen LogP contribution in [-0.2, 0) is 4.79 Å². The molecule has 0 bridgehead atoms. The summed E-state index contributed by atoms with van der Waals surface area (Å²) in [5.41, 5.74) is 0.168. The van der Waals surface area contributed by atoms with Crippen LogP contribution >= 0.6 is 11.6 Å². The number of amides is 1. The monoisotopic (exact) mass is 259 g/mol. The molecular formula is C14H26ClNO. The highest BCUT2D eigenvalue weighted by Crippen LogP contribution is 2.36. The predicted octanol–water partition coefficient (Wildman–Crippen LogP) is 3.73. The van der Waals surface area contributed by atoms with E-state index in [2.05, 4.69) is 12.2 Å². The zero-order chi connectivity index (χ0) is 12.7. The molecule has 17 heavy (non-hydrogen) atoms. The van der Waals surface area contributed by atoms with E-state index in [0.29, 0.717) is 5.88 Å². The molecule has 0 spiro atoms. The van der Waals surface area contributed by atoms with Gasteiger partial charge in [0.2, 0.25) is 5.91 Å². The molecule has 0 aromatic rings. The van der Waals surface area contributed by atoms with Gasteiger partial charge in [0.15, 0.2) is 0 Å². The Bertz CT molecular complexity index is 236. The molecule has 1 aliphatic carbocycles. The minimum absolute atomic E-state index is 0.135. The third kappa shape index (κ3) is 4.50. The Morgan fingerprint density at radius 3 is 2.53 bits per heavy atom. The Balaban J connectivity index is 2.39. The molecule has 0 aromatic heterocycles. The molecule has 0 heterocycles. The normalized spacial score (nSPS) is 20.9. The summed E-state index contributed by atoms with van der Waals surface area (Å²) in [5.74, 6) is 1.01. The van der Waals surface area contributed by atoms with Gasteiger partial charge in [-0.3, -0.25) is 4.79 Å². The molecule has 1 amide bonds. The maximum absolute atomic E-state index is 11.9. The maximum atomic E-state index is 11.9. The van der Waals surface area contributed by atoms with Crippen LogP contribution < -0.4 is 5.32 Å². The molecule has 1 aliphatic rings. The van der Waals surface area contributed by atoms with Crippen molar-refractivity contribution < 1.29 is 4.79 Å². The van der Waals surface area contributed by atoms with Crippen LogP contribution in [0.15, 0.2) is 0 Å². The van der Waals surface area contributed by atoms with Gasteiger partial charge in [-0.25, -0.2) is 0 Å². The molecule has 0 radical (unpaired) electrons. The van der Waals surface area contributed by atoms with Crippen LogP contribution in [-0.4, -0.2) is 18.3 Å². The fourth-order valence-electron chi connectivity index (χ4n) is 2.67. The second-order valence-electron chi connectivity index (χ2n) is 5.60. The Kier molecular flexibility index (Phi) is 6.32. The van der Waals surface area contributed by atoms with Gasteiger partial charge in [0, 0.05) is 23.8 Å². The zero-order valence-corrected chi connectivity index (χ0v) is 12.0. The average molecular weight is 260 g/mol. The summed E-state index contributed by atoms with van der Waals surface area (Å²) in [6.45, 7) is 4.89. The fourth-order valence-corrected chi connectivity index (χ4v) is 3.03. The summed E-state index contributed by atoms with van der Waals surface area (Å²) < 4.78 is 0. The van der Waals surface area contributed by atoms with Gasteiger partial charge in [0.25, 0.3) is 0 Å². The molecule has 1 rings (SSSR count). The van der Waals surface area contributed by atoms with Crippen molar-refractivity contribution in [1.29, 1.82) is 0 Å². The summed E-state index contributed by atoms with van der Waals surface area (Å²) in [6.07, 6.45) is 8.20. The number of carbonyl (C=O) groups excluding carboxylic acids is 1. The first-order chi connectivity index (χ1) is 8.13. The van der Waals surface area contributed by atoms with Crippen molar-refractivity contribution in [3.05, 3.63) is 0 Å². The smallest absolute Gasteiger partial charge is 0.222 e. The molecule has 3 heteroatoms. The standard InChI is InChI=1S/C14H26ClNO/c1-3-7-12(2)13(17)16-11-14(10-15)8-5-4-6-9-14/h12H,3-11H2,1-2H3,(H,16,17). The lowest BCUT2D eigenvalue weighted by Crippen LogP contribution is -2.42. The topological polar surface area (TPSA) is 29.1 Å². The van der Waals surface area contributed by atoms with Gasteiger partial charge in [-0.1, -0.05) is 39.5 Å². The molecule has 1 unspecified atom stereocenters. The van der Waals surface area contributed by atoms with Crippen molar-refractivity contribution in [2.24, 2.45) is 11.3 Å². The van der Waals surface area contributed by atoms with E-state index in [9.17, 15) is 4.79 Å². The van der Waals surface area contributed by atoms with Crippen LogP contribution in [0.3, 0.4) is 0 Å². The van der Waals surface area contributed by atoms with E-state index in [1.807, 2.05) is 6.92 Å². The van der Waals surface area contributed by atoms with Gasteiger partial charge in [-0.05, 0) is 19.3 Å². The summed E-state index contributed by atoms with van der Waals surface area (Å²) in [4.78, 5) is 11.9. The first-order valence-corrected chi connectivity index (χ1v) is 7.51. The Labute approximate surface area is 110 Å². The summed E-state index contributed by atoms with van der Waals surface area (Å²) in [7, 11) is 0. The van der Waals surface area contributed by atoms with Crippen molar-refractivity contribution in [3.63, 3.8) is 0 Å². The second-order valence-corrected chi connectivity index (χ2v) is 5.87. The second kappa shape index (κ2) is 7.25. The molecule has 0 saturated heterocycles. The van der Waals surface area contributed by atoms with Crippen LogP contribution in [0.4, 0.5) is 0 Å². The van der Waals surface area contributed by atoms with Gasteiger partial charge >= 0.3 is 0 Å². The van der Waals surface area contributed by atoms with E-state index >= 15 is 0 Å². The molecule has 1 atom stereocenters. The quantitative estimate of drug-likeness (QED) is 0.724. The SMILES string of the molecule is CCCC(C)C(=O)NCC1(CCl)CCCCC1. The van der Waals surface area contributed by atoms with Crippen LogP contribution in [0.2, 0.25) is 0 Å². The molecular weight excluding hydrogens is 234 g/mol. The summed E-state index contributed by atoms with van der Waals surface area (Å²) in [6, 6.07) is 0. The average Bonchev–Trinajstić information content (AvgIpc) is 2.37. The Morgan fingerprint density at radius 1 is 1.35 bits per heavy atom. The van der Waals surface area contributed by atoms with Gasteiger partial charge in [-0.15, -0.1) is 11.6 Å². The van der Waals surface area contributed by atoms with Crippen LogP contribution in [0, 0.1) is 11.3 Å². The number of nitrogens with one attached hydrogen (secondary N) is 1. The van der Waals surface area contributed by atoms with Crippen molar-refractivity contribution in [2.45, 2.75) is 58.8 Å². The summed E-state index contributed by atoms with van der Waals surface area (Å²) in [5, 5.41) is 3.11. The third-order valence-corrected chi connectivity index (χ3v) is 4.57. The van der Waals surface area contributed by atoms with Crippen LogP contribution in [0.5, 0.6) is 0 Å². The first-order valence-electron chi connectivity index (χ1n) is 6.97. The lowest BCUT2D eigenvalue weighted by Gasteiger charge is -2.36. The number of alkyl halides is 1. The van der Waals surface area contributed by atoms with Crippen molar-refractivity contribution >= 4 is 17.5 Å². The fraction of sp³-hybridized carbons (Fsp3) is 0.929. The Hall–Kier alpha value is -0.240. The van der Waals surface area contributed by atoms with Gasteiger partial charge in [0.05, 0.1) is 0 Å². The van der Waals surface area contributed by atoms with E-state index < -0.39 is 0 Å². The molecule has 100 valence electrons. The highest BCUT2D eigenvalue weighted by Gasteiger charge is 2.31. The largest absolute Gasteiger partial charge is 0.355 e. The predicted molar refractivity (Wildman–Crippen MR) is 73.3 cm³/mol. The van der Waals surface area contributed by atoms with Gasteiger partial charge in [-0.2, -0.15) is 0 Å². The molecule has 2 nitrogen and oxygen atoms in total. The molecule has 1 saturated carbocycles. The van der Waals surface area contributed by atoms with E-state index in [0.717, 1.165) is 19.4 Å². The lowest BCUT2D eigenvalue weighted by atomic mass is 9.75. The minimum Gasteiger partial charge on any atom is -0.355 e. The maximum Gasteiger partial charge on any atom is 0.222 e. The van der Waals surface area contributed by atoms with E-state index in [1.54, 1.807) is 0 Å². The Morgan fingerprint density at radius 2 is 2.00 bits per heavy atom. The van der Waals surface area contributed by atoms with Crippen molar-refractivity contribution in [3.8, 4) is 0 Å². The minimum atomic E-state index is 0.135. The number of halogens is 1. The molecule has 1 N–H and O–H groups in total. The van der Waals surface area contributed by atoms with Crippen LogP contribution in [0.1, 0.15) is 58.8 Å². The highest BCUT2D eigenvalue weighted by molar-refractivity contribution is 6.18. The molecule has 0 aliphatic heterocycles.